The quantitative estimate of drug-likeness (QED) is 0.474. The van der Waals surface area contributed by atoms with Gasteiger partial charge in [0.25, 0.3) is 0 Å². The van der Waals surface area contributed by atoms with E-state index in [-0.39, 0.29) is 5.69 Å². The number of hydrogen-bond acceptors (Lipinski definition) is 5. The number of aromatic nitrogens is 3. The molecule has 1 atom stereocenters. The Morgan fingerprint density at radius 2 is 2.26 bits per heavy atom. The van der Waals surface area contributed by atoms with E-state index in [9.17, 15) is 9.59 Å². The fourth-order valence-corrected chi connectivity index (χ4v) is 2.46. The topological polar surface area (TPSA) is 100 Å². The summed E-state index contributed by atoms with van der Waals surface area (Å²) in [6.45, 7) is 1.68. The number of aromatic amines is 1. The van der Waals surface area contributed by atoms with E-state index >= 15 is 0 Å². The van der Waals surface area contributed by atoms with Gasteiger partial charge in [-0.1, -0.05) is 18.2 Å². The number of rotatable bonds is 8. The zero-order valence-corrected chi connectivity index (χ0v) is 12.2. The van der Waals surface area contributed by atoms with Crippen molar-refractivity contribution >= 4 is 17.7 Å². The fourth-order valence-electron chi connectivity index (χ4n) is 1.54. The highest BCUT2D eigenvalue weighted by Crippen LogP contribution is 2.18. The summed E-state index contributed by atoms with van der Waals surface area (Å²) in [4.78, 5) is 22.2. The molecule has 0 radical (unpaired) electrons. The minimum absolute atomic E-state index is 0.226. The van der Waals surface area contributed by atoms with E-state index < -0.39 is 11.5 Å². The molecule has 19 heavy (non-hydrogen) atoms. The first-order valence-corrected chi connectivity index (χ1v) is 7.06. The largest absolute Gasteiger partial charge is 0.480 e. The van der Waals surface area contributed by atoms with E-state index in [0.717, 1.165) is 18.6 Å². The number of thioether (sulfide) groups is 1. The van der Waals surface area contributed by atoms with Crippen molar-refractivity contribution < 1.29 is 9.90 Å². The van der Waals surface area contributed by atoms with Crippen molar-refractivity contribution in [1.82, 2.24) is 20.1 Å². The first-order chi connectivity index (χ1) is 8.90. The third-order valence-corrected chi connectivity index (χ3v) is 4.28. The van der Waals surface area contributed by atoms with E-state index in [4.69, 9.17) is 5.11 Å². The lowest BCUT2D eigenvalue weighted by Gasteiger charge is -2.23. The molecule has 0 saturated heterocycles. The second-order valence-electron chi connectivity index (χ2n) is 4.56. The molecule has 0 bridgehead atoms. The molecule has 3 N–H and O–H groups in total. The van der Waals surface area contributed by atoms with Crippen LogP contribution in [-0.4, -0.2) is 44.2 Å². The lowest BCUT2D eigenvalue weighted by atomic mass is 9.95. The minimum atomic E-state index is -0.871. The van der Waals surface area contributed by atoms with Crippen molar-refractivity contribution in [2.45, 2.75) is 36.9 Å². The molecular formula is C11H20N4O3S. The molecule has 0 aliphatic heterocycles. The molecule has 1 rings (SSSR count). The molecular weight excluding hydrogens is 268 g/mol. The van der Waals surface area contributed by atoms with Crippen LogP contribution in [0.5, 0.6) is 0 Å². The van der Waals surface area contributed by atoms with Crippen molar-refractivity contribution in [3.8, 4) is 0 Å². The van der Waals surface area contributed by atoms with Gasteiger partial charge in [0.1, 0.15) is 5.54 Å². The highest BCUT2D eigenvalue weighted by atomic mass is 32.2. The lowest BCUT2D eigenvalue weighted by Crippen LogP contribution is -2.47. The Kier molecular flexibility index (Phi) is 5.61. The van der Waals surface area contributed by atoms with Gasteiger partial charge in [0.05, 0.1) is 0 Å². The molecule has 108 valence electrons. The number of carbonyl (C=O) groups is 1. The van der Waals surface area contributed by atoms with Gasteiger partial charge < -0.3 is 10.4 Å². The van der Waals surface area contributed by atoms with Gasteiger partial charge in [-0.15, -0.1) is 5.10 Å². The van der Waals surface area contributed by atoms with Gasteiger partial charge in [0.15, 0.2) is 5.16 Å². The van der Waals surface area contributed by atoms with Crippen LogP contribution in [0.15, 0.2) is 9.95 Å². The highest BCUT2D eigenvalue weighted by molar-refractivity contribution is 7.99. The third kappa shape index (κ3) is 4.10. The fraction of sp³-hybridized carbons (Fsp3) is 0.727. The minimum Gasteiger partial charge on any atom is -0.480 e. The smallest absolute Gasteiger partial charge is 0.343 e. The van der Waals surface area contributed by atoms with Crippen LogP contribution in [0.2, 0.25) is 0 Å². The molecule has 1 unspecified atom stereocenters. The van der Waals surface area contributed by atoms with Gasteiger partial charge in [-0.3, -0.25) is 9.36 Å². The van der Waals surface area contributed by atoms with Crippen LogP contribution < -0.4 is 11.0 Å². The van der Waals surface area contributed by atoms with Crippen molar-refractivity contribution in [1.29, 1.82) is 0 Å². The van der Waals surface area contributed by atoms with Gasteiger partial charge in [0.2, 0.25) is 0 Å². The third-order valence-electron chi connectivity index (χ3n) is 3.16. The maximum absolute atomic E-state index is 11.1. The Morgan fingerprint density at radius 3 is 2.74 bits per heavy atom. The number of nitrogens with zero attached hydrogens (tertiary/aromatic N) is 2. The highest BCUT2D eigenvalue weighted by Gasteiger charge is 2.29. The number of nitrogens with one attached hydrogen (secondary N) is 2. The molecule has 0 saturated carbocycles. The number of H-pyrrole nitrogens is 1. The van der Waals surface area contributed by atoms with E-state index in [1.54, 1.807) is 21.0 Å². The zero-order chi connectivity index (χ0) is 14.5. The number of likely N-dealkylation sites (N-methyl/N-ethyl adjacent to an activating group) is 1. The number of carboxylic acid groups (broad SMARTS) is 1. The average Bonchev–Trinajstić information content (AvgIpc) is 2.69. The second kappa shape index (κ2) is 6.76. The molecule has 0 aliphatic carbocycles. The molecule has 1 heterocycles. The van der Waals surface area contributed by atoms with Crippen molar-refractivity contribution in [2.24, 2.45) is 7.05 Å². The van der Waals surface area contributed by atoms with Crippen LogP contribution in [0.4, 0.5) is 0 Å². The van der Waals surface area contributed by atoms with E-state index in [1.807, 2.05) is 0 Å². The summed E-state index contributed by atoms with van der Waals surface area (Å²) in [6, 6.07) is 0. The summed E-state index contributed by atoms with van der Waals surface area (Å²) in [5.41, 5.74) is -1.10. The number of carboxylic acids is 1. The summed E-state index contributed by atoms with van der Waals surface area (Å²) in [6.07, 6.45) is 2.24. The molecule has 0 aliphatic rings. The Hall–Kier alpha value is -1.28. The Bertz CT molecular complexity index is 485. The average molecular weight is 288 g/mol. The first-order valence-electron chi connectivity index (χ1n) is 6.07. The van der Waals surface area contributed by atoms with E-state index in [2.05, 4.69) is 15.5 Å². The second-order valence-corrected chi connectivity index (χ2v) is 5.63. The summed E-state index contributed by atoms with van der Waals surface area (Å²) in [5.74, 6) is -0.0327. The van der Waals surface area contributed by atoms with Gasteiger partial charge in [0, 0.05) is 12.8 Å². The van der Waals surface area contributed by atoms with Crippen LogP contribution in [-0.2, 0) is 11.8 Å². The predicted molar refractivity (Wildman–Crippen MR) is 73.5 cm³/mol. The monoisotopic (exact) mass is 288 g/mol. The van der Waals surface area contributed by atoms with E-state index in [0.29, 0.717) is 11.6 Å². The molecule has 0 spiro atoms. The van der Waals surface area contributed by atoms with Crippen LogP contribution in [0.3, 0.4) is 0 Å². The zero-order valence-electron chi connectivity index (χ0n) is 11.4. The SMILES string of the molecule is CNC(C)(CCCCSc1n[nH]c(=O)n1C)C(=O)O. The molecule has 1 aromatic rings. The van der Waals surface area contributed by atoms with Gasteiger partial charge >= 0.3 is 11.7 Å². The summed E-state index contributed by atoms with van der Waals surface area (Å²) in [7, 11) is 3.32. The molecule has 1 aromatic heterocycles. The van der Waals surface area contributed by atoms with Crippen molar-refractivity contribution in [3.05, 3.63) is 10.5 Å². The normalized spacial score (nSPS) is 14.3. The molecule has 7 nitrogen and oxygen atoms in total. The number of unbranched alkanes of at least 4 members (excludes halogenated alkanes) is 1. The standard InChI is InChI=1S/C11H20N4O3S/c1-11(12-2,8(16)17)6-4-5-7-19-10-14-13-9(18)15(10)3/h12H,4-7H2,1-3H3,(H,13,18)(H,16,17). The first kappa shape index (κ1) is 15.8. The summed E-state index contributed by atoms with van der Waals surface area (Å²) >= 11 is 1.49. The van der Waals surface area contributed by atoms with Crippen molar-refractivity contribution in [2.75, 3.05) is 12.8 Å². The summed E-state index contributed by atoms with van der Waals surface area (Å²) < 4.78 is 1.46. The molecule has 0 aromatic carbocycles. The van der Waals surface area contributed by atoms with Crippen LogP contribution >= 0.6 is 11.8 Å². The van der Waals surface area contributed by atoms with Crippen LogP contribution in [0.1, 0.15) is 26.2 Å². The molecule has 0 amide bonds. The number of aliphatic carboxylic acids is 1. The van der Waals surface area contributed by atoms with Crippen molar-refractivity contribution in [3.63, 3.8) is 0 Å². The number of hydrogen-bond donors (Lipinski definition) is 3. The van der Waals surface area contributed by atoms with Crippen LogP contribution in [0.25, 0.3) is 0 Å². The van der Waals surface area contributed by atoms with Gasteiger partial charge in [-0.25, -0.2) is 9.89 Å². The lowest BCUT2D eigenvalue weighted by molar-refractivity contribution is -0.144. The van der Waals surface area contributed by atoms with Crippen LogP contribution in [0, 0.1) is 0 Å². The Labute approximate surface area is 115 Å². The van der Waals surface area contributed by atoms with Gasteiger partial charge in [-0.2, -0.15) is 0 Å². The van der Waals surface area contributed by atoms with E-state index in [1.165, 1.54) is 16.3 Å². The van der Waals surface area contributed by atoms with Gasteiger partial charge in [-0.05, 0) is 26.8 Å². The maximum atomic E-state index is 11.1. The summed E-state index contributed by atoms with van der Waals surface area (Å²) in [5, 5.41) is 18.8. The Morgan fingerprint density at radius 1 is 1.58 bits per heavy atom. The predicted octanol–water partition coefficient (Wildman–Crippen LogP) is 0.433. The Balaban J connectivity index is 2.30. The molecule has 0 fully saturated rings. The maximum Gasteiger partial charge on any atom is 0.343 e. The molecule has 8 heteroatoms.